The molecule has 1 atom stereocenters. The lowest BCUT2D eigenvalue weighted by molar-refractivity contribution is -0.235. The third kappa shape index (κ3) is 2.16. The second kappa shape index (κ2) is 4.24. The van der Waals surface area contributed by atoms with Crippen molar-refractivity contribution in [3.8, 4) is 0 Å². The van der Waals surface area contributed by atoms with Crippen LogP contribution in [0.4, 0.5) is 13.2 Å². The summed E-state index contributed by atoms with van der Waals surface area (Å²) in [6, 6.07) is 0. The lowest BCUT2D eigenvalue weighted by Gasteiger charge is -2.42. The Labute approximate surface area is 92.2 Å². The largest absolute Gasteiger partial charge is 0.480 e. The third-order valence-corrected chi connectivity index (χ3v) is 3.38. The van der Waals surface area contributed by atoms with E-state index in [9.17, 15) is 18.0 Å². The second-order valence-corrected chi connectivity index (χ2v) is 4.54. The lowest BCUT2D eigenvalue weighted by Crippen LogP contribution is -2.63. The summed E-state index contributed by atoms with van der Waals surface area (Å²) in [4.78, 5) is 11.9. The summed E-state index contributed by atoms with van der Waals surface area (Å²) in [5.41, 5.74) is -2.76. The summed E-state index contributed by atoms with van der Waals surface area (Å²) in [6.45, 7) is 3.07. The zero-order valence-corrected chi connectivity index (χ0v) is 9.34. The molecule has 1 N–H and O–H groups in total. The molecule has 0 amide bonds. The molecule has 16 heavy (non-hydrogen) atoms. The SMILES string of the molecule is CC1CCN(C(C)(C(=O)O)C(F)(F)F)CC1. The van der Waals surface area contributed by atoms with Crippen LogP contribution < -0.4 is 0 Å². The number of piperidine rings is 1. The first kappa shape index (κ1) is 13.3. The Morgan fingerprint density at radius 2 is 1.75 bits per heavy atom. The van der Waals surface area contributed by atoms with Gasteiger partial charge in [-0.2, -0.15) is 13.2 Å². The van der Waals surface area contributed by atoms with Crippen molar-refractivity contribution >= 4 is 5.97 Å². The van der Waals surface area contributed by atoms with Gasteiger partial charge in [0.25, 0.3) is 0 Å². The number of carboxylic acids is 1. The Balaban J connectivity index is 2.91. The van der Waals surface area contributed by atoms with E-state index in [1.165, 1.54) is 0 Å². The number of aliphatic carboxylic acids is 1. The Kier molecular flexibility index (Phi) is 3.52. The van der Waals surface area contributed by atoms with Crippen molar-refractivity contribution in [1.82, 2.24) is 4.90 Å². The number of nitrogens with zero attached hydrogens (tertiary/aromatic N) is 1. The van der Waals surface area contributed by atoms with E-state index in [1.54, 1.807) is 0 Å². The van der Waals surface area contributed by atoms with Crippen LogP contribution in [-0.2, 0) is 4.79 Å². The fourth-order valence-electron chi connectivity index (χ4n) is 1.89. The maximum atomic E-state index is 12.8. The molecule has 0 aromatic heterocycles. The van der Waals surface area contributed by atoms with Crippen LogP contribution in [0.15, 0.2) is 0 Å². The van der Waals surface area contributed by atoms with Crippen LogP contribution in [0.25, 0.3) is 0 Å². The van der Waals surface area contributed by atoms with Crippen LogP contribution in [0.2, 0.25) is 0 Å². The van der Waals surface area contributed by atoms with Crippen molar-refractivity contribution < 1.29 is 23.1 Å². The smallest absolute Gasteiger partial charge is 0.417 e. The number of halogens is 3. The van der Waals surface area contributed by atoms with E-state index >= 15 is 0 Å². The molecular weight excluding hydrogens is 223 g/mol. The standard InChI is InChI=1S/C10H16F3NO2/c1-7-3-5-14(6-4-7)9(2,8(15)16)10(11,12)13/h7H,3-6H2,1-2H3,(H,15,16). The summed E-state index contributed by atoms with van der Waals surface area (Å²) in [6.07, 6.45) is -3.53. The summed E-state index contributed by atoms with van der Waals surface area (Å²) < 4.78 is 38.4. The molecule has 1 rings (SSSR count). The van der Waals surface area contributed by atoms with Crippen LogP contribution in [-0.4, -0.2) is 40.8 Å². The molecule has 0 spiro atoms. The molecule has 1 aliphatic rings. The van der Waals surface area contributed by atoms with Crippen molar-refractivity contribution in [2.45, 2.75) is 38.4 Å². The van der Waals surface area contributed by atoms with E-state index in [1.807, 2.05) is 6.92 Å². The highest BCUT2D eigenvalue weighted by Gasteiger charge is 2.61. The number of rotatable bonds is 2. The van der Waals surface area contributed by atoms with Crippen LogP contribution in [0, 0.1) is 5.92 Å². The topological polar surface area (TPSA) is 40.5 Å². The molecule has 0 aromatic carbocycles. The van der Waals surface area contributed by atoms with Gasteiger partial charge in [-0.1, -0.05) is 6.92 Å². The normalized spacial score (nSPS) is 24.1. The maximum Gasteiger partial charge on any atom is 0.417 e. The van der Waals surface area contributed by atoms with Crippen molar-refractivity contribution in [3.05, 3.63) is 0 Å². The number of carbonyl (C=O) groups is 1. The van der Waals surface area contributed by atoms with Gasteiger partial charge in [-0.25, -0.2) is 4.79 Å². The summed E-state index contributed by atoms with van der Waals surface area (Å²) >= 11 is 0. The average Bonchev–Trinajstić information content (AvgIpc) is 2.15. The van der Waals surface area contributed by atoms with Crippen LogP contribution >= 0.6 is 0 Å². The Bertz CT molecular complexity index is 272. The van der Waals surface area contributed by atoms with E-state index < -0.39 is 17.7 Å². The number of likely N-dealkylation sites (tertiary alicyclic amines) is 1. The maximum absolute atomic E-state index is 12.8. The van der Waals surface area contributed by atoms with Gasteiger partial charge < -0.3 is 5.11 Å². The van der Waals surface area contributed by atoms with Gasteiger partial charge in [-0.15, -0.1) is 0 Å². The van der Waals surface area contributed by atoms with Gasteiger partial charge >= 0.3 is 12.1 Å². The average molecular weight is 239 g/mol. The van der Waals surface area contributed by atoms with Crippen molar-refractivity contribution in [2.75, 3.05) is 13.1 Å². The van der Waals surface area contributed by atoms with Gasteiger partial charge in [0.1, 0.15) is 0 Å². The fourth-order valence-corrected chi connectivity index (χ4v) is 1.89. The van der Waals surface area contributed by atoms with Crippen molar-refractivity contribution in [2.24, 2.45) is 5.92 Å². The van der Waals surface area contributed by atoms with E-state index in [4.69, 9.17) is 5.11 Å². The second-order valence-electron chi connectivity index (χ2n) is 4.54. The van der Waals surface area contributed by atoms with Crippen molar-refractivity contribution in [1.29, 1.82) is 0 Å². The highest BCUT2D eigenvalue weighted by Crippen LogP contribution is 2.37. The quantitative estimate of drug-likeness (QED) is 0.802. The van der Waals surface area contributed by atoms with Crippen molar-refractivity contribution in [3.63, 3.8) is 0 Å². The van der Waals surface area contributed by atoms with E-state index in [0.29, 0.717) is 18.8 Å². The monoisotopic (exact) mass is 239 g/mol. The van der Waals surface area contributed by atoms with E-state index in [-0.39, 0.29) is 13.1 Å². The molecule has 1 fully saturated rings. The Hall–Kier alpha value is -0.780. The zero-order valence-electron chi connectivity index (χ0n) is 9.34. The number of carboxylic acid groups (broad SMARTS) is 1. The Morgan fingerprint density at radius 1 is 1.31 bits per heavy atom. The minimum atomic E-state index is -4.75. The van der Waals surface area contributed by atoms with Crippen LogP contribution in [0.5, 0.6) is 0 Å². The highest BCUT2D eigenvalue weighted by atomic mass is 19.4. The third-order valence-electron chi connectivity index (χ3n) is 3.38. The Morgan fingerprint density at radius 3 is 2.06 bits per heavy atom. The van der Waals surface area contributed by atoms with Crippen LogP contribution in [0.3, 0.4) is 0 Å². The van der Waals surface area contributed by atoms with Gasteiger partial charge in [0, 0.05) is 0 Å². The van der Waals surface area contributed by atoms with Gasteiger partial charge in [0.05, 0.1) is 0 Å². The molecule has 1 saturated heterocycles. The molecule has 0 aliphatic carbocycles. The molecule has 3 nitrogen and oxygen atoms in total. The van der Waals surface area contributed by atoms with Gasteiger partial charge in [0.15, 0.2) is 0 Å². The van der Waals surface area contributed by atoms with Gasteiger partial charge in [-0.05, 0) is 38.8 Å². The first-order chi connectivity index (χ1) is 7.19. The molecule has 0 bridgehead atoms. The molecule has 0 saturated carbocycles. The predicted octanol–water partition coefficient (Wildman–Crippen LogP) is 2.12. The van der Waals surface area contributed by atoms with Gasteiger partial charge in [0.2, 0.25) is 5.54 Å². The summed E-state index contributed by atoms with van der Waals surface area (Å²) in [5.74, 6) is -1.46. The molecule has 0 radical (unpaired) electrons. The first-order valence-electron chi connectivity index (χ1n) is 5.24. The zero-order chi connectivity index (χ0) is 12.6. The molecule has 1 heterocycles. The fraction of sp³-hybridized carbons (Fsp3) is 0.900. The van der Waals surface area contributed by atoms with E-state index in [2.05, 4.69) is 0 Å². The van der Waals surface area contributed by atoms with Crippen LogP contribution in [0.1, 0.15) is 26.7 Å². The molecule has 94 valence electrons. The number of hydrogen-bond acceptors (Lipinski definition) is 2. The molecule has 1 unspecified atom stereocenters. The highest BCUT2D eigenvalue weighted by molar-refractivity contribution is 5.79. The number of alkyl halides is 3. The molecule has 1 aliphatic heterocycles. The molecular formula is C10H16F3NO2. The minimum Gasteiger partial charge on any atom is -0.480 e. The first-order valence-corrected chi connectivity index (χ1v) is 5.24. The number of hydrogen-bond donors (Lipinski definition) is 1. The molecule has 6 heteroatoms. The summed E-state index contributed by atoms with van der Waals surface area (Å²) in [5, 5.41) is 8.82. The van der Waals surface area contributed by atoms with Gasteiger partial charge in [-0.3, -0.25) is 4.90 Å². The predicted molar refractivity (Wildman–Crippen MR) is 52.1 cm³/mol. The lowest BCUT2D eigenvalue weighted by atomic mass is 9.92. The van der Waals surface area contributed by atoms with E-state index in [0.717, 1.165) is 11.8 Å². The minimum absolute atomic E-state index is 0.184. The summed E-state index contributed by atoms with van der Waals surface area (Å²) in [7, 11) is 0. The molecule has 0 aromatic rings.